The Balaban J connectivity index is 2.81. The van der Waals surface area contributed by atoms with Gasteiger partial charge in [0.15, 0.2) is 5.75 Å². The van der Waals surface area contributed by atoms with E-state index in [1.54, 1.807) is 24.3 Å². The van der Waals surface area contributed by atoms with E-state index in [1.807, 2.05) is 13.8 Å². The van der Waals surface area contributed by atoms with Crippen LogP contribution in [0.5, 0.6) is 5.75 Å². The van der Waals surface area contributed by atoms with Crippen LogP contribution in [0.25, 0.3) is 0 Å². The molecule has 0 spiro atoms. The quantitative estimate of drug-likeness (QED) is 0.607. The summed E-state index contributed by atoms with van der Waals surface area (Å²) >= 11 is 0. The van der Waals surface area contributed by atoms with Gasteiger partial charge >= 0.3 is 5.97 Å². The van der Waals surface area contributed by atoms with Crippen LogP contribution in [0.1, 0.15) is 30.6 Å². The maximum absolute atomic E-state index is 11.6. The highest BCUT2D eigenvalue weighted by Crippen LogP contribution is 2.18. The van der Waals surface area contributed by atoms with Crippen molar-refractivity contribution in [2.75, 3.05) is 0 Å². The van der Waals surface area contributed by atoms with Gasteiger partial charge in [0.2, 0.25) is 0 Å². The summed E-state index contributed by atoms with van der Waals surface area (Å²) in [7, 11) is 0. The van der Waals surface area contributed by atoms with Crippen molar-refractivity contribution in [1.29, 1.82) is 0 Å². The zero-order valence-corrected chi connectivity index (χ0v) is 8.90. The number of hydrogen-bond donors (Lipinski definition) is 1. The average molecular weight is 209 g/mol. The van der Waals surface area contributed by atoms with E-state index in [2.05, 4.69) is 4.84 Å². The van der Waals surface area contributed by atoms with Crippen LogP contribution in [-0.2, 0) is 4.74 Å². The Morgan fingerprint density at radius 2 is 2.13 bits per heavy atom. The number of para-hydroxylation sites is 1. The van der Waals surface area contributed by atoms with E-state index < -0.39 is 5.97 Å². The SMILES string of the molecule is CCC(C)OC(=O)c1ccccc1ON. The average Bonchev–Trinajstić information content (AvgIpc) is 2.28. The zero-order chi connectivity index (χ0) is 11.3. The standard InChI is InChI=1S/C11H15NO3/c1-3-8(2)14-11(13)9-6-4-5-7-10(9)15-12/h4-8H,3,12H2,1-2H3. The third kappa shape index (κ3) is 2.95. The number of hydrogen-bond acceptors (Lipinski definition) is 4. The van der Waals surface area contributed by atoms with Crippen molar-refractivity contribution >= 4 is 5.97 Å². The molecule has 0 saturated heterocycles. The summed E-state index contributed by atoms with van der Waals surface area (Å²) in [6.07, 6.45) is 0.667. The molecule has 1 aromatic carbocycles. The van der Waals surface area contributed by atoms with Gasteiger partial charge in [0.1, 0.15) is 5.56 Å². The first-order valence-electron chi connectivity index (χ1n) is 4.85. The fourth-order valence-corrected chi connectivity index (χ4v) is 1.07. The van der Waals surface area contributed by atoms with E-state index in [-0.39, 0.29) is 6.10 Å². The number of ether oxygens (including phenoxy) is 1. The minimum atomic E-state index is -0.412. The van der Waals surface area contributed by atoms with Crippen molar-refractivity contribution in [3.05, 3.63) is 29.8 Å². The van der Waals surface area contributed by atoms with Crippen molar-refractivity contribution < 1.29 is 14.4 Å². The normalized spacial score (nSPS) is 11.9. The summed E-state index contributed by atoms with van der Waals surface area (Å²) in [5, 5.41) is 0. The van der Waals surface area contributed by atoms with E-state index in [9.17, 15) is 4.79 Å². The predicted molar refractivity (Wildman–Crippen MR) is 56.4 cm³/mol. The highest BCUT2D eigenvalue weighted by Gasteiger charge is 2.15. The maximum Gasteiger partial charge on any atom is 0.342 e. The second-order valence-electron chi connectivity index (χ2n) is 3.24. The van der Waals surface area contributed by atoms with Crippen molar-refractivity contribution in [2.24, 2.45) is 5.90 Å². The van der Waals surface area contributed by atoms with Gasteiger partial charge in [-0.15, -0.1) is 0 Å². The topological polar surface area (TPSA) is 61.5 Å². The lowest BCUT2D eigenvalue weighted by Crippen LogP contribution is -2.16. The lowest BCUT2D eigenvalue weighted by molar-refractivity contribution is 0.0330. The smallest absolute Gasteiger partial charge is 0.342 e. The molecule has 82 valence electrons. The molecule has 0 heterocycles. The number of benzene rings is 1. The lowest BCUT2D eigenvalue weighted by Gasteiger charge is -2.12. The molecule has 4 nitrogen and oxygen atoms in total. The van der Waals surface area contributed by atoms with Crippen LogP contribution in [0.4, 0.5) is 0 Å². The molecule has 1 unspecified atom stereocenters. The minimum absolute atomic E-state index is 0.108. The molecule has 4 heteroatoms. The van der Waals surface area contributed by atoms with E-state index in [0.717, 1.165) is 6.42 Å². The monoisotopic (exact) mass is 209 g/mol. The van der Waals surface area contributed by atoms with Gasteiger partial charge in [-0.25, -0.2) is 4.79 Å². The summed E-state index contributed by atoms with van der Waals surface area (Å²) in [5.74, 6) is 4.96. The van der Waals surface area contributed by atoms with Crippen LogP contribution in [0, 0.1) is 0 Å². The molecular weight excluding hydrogens is 194 g/mol. The largest absolute Gasteiger partial charge is 0.459 e. The van der Waals surface area contributed by atoms with Gasteiger partial charge < -0.3 is 9.57 Å². The number of rotatable bonds is 4. The Hall–Kier alpha value is -1.55. The third-order valence-corrected chi connectivity index (χ3v) is 2.12. The van der Waals surface area contributed by atoms with Gasteiger partial charge in [-0.2, -0.15) is 5.90 Å². The van der Waals surface area contributed by atoms with E-state index in [1.165, 1.54) is 0 Å². The molecule has 0 aliphatic carbocycles. The molecule has 0 radical (unpaired) electrons. The van der Waals surface area contributed by atoms with Gasteiger partial charge in [0.05, 0.1) is 6.10 Å². The minimum Gasteiger partial charge on any atom is -0.459 e. The molecule has 0 bridgehead atoms. The number of esters is 1. The molecule has 0 amide bonds. The van der Waals surface area contributed by atoms with Gasteiger partial charge in [0, 0.05) is 0 Å². The van der Waals surface area contributed by atoms with Gasteiger partial charge in [-0.3, -0.25) is 0 Å². The predicted octanol–water partition coefficient (Wildman–Crippen LogP) is 1.89. The Kier molecular flexibility index (Phi) is 4.12. The Morgan fingerprint density at radius 1 is 1.47 bits per heavy atom. The zero-order valence-electron chi connectivity index (χ0n) is 8.90. The molecule has 15 heavy (non-hydrogen) atoms. The third-order valence-electron chi connectivity index (χ3n) is 2.12. The van der Waals surface area contributed by atoms with Crippen LogP contribution in [0.3, 0.4) is 0 Å². The fourth-order valence-electron chi connectivity index (χ4n) is 1.07. The summed E-state index contributed by atoms with van der Waals surface area (Å²) in [6.45, 7) is 3.78. The van der Waals surface area contributed by atoms with E-state index >= 15 is 0 Å². The number of nitrogens with two attached hydrogens (primary N) is 1. The van der Waals surface area contributed by atoms with E-state index in [0.29, 0.717) is 11.3 Å². The highest BCUT2D eigenvalue weighted by atomic mass is 16.6. The molecule has 0 aliphatic rings. The number of carbonyl (C=O) groups is 1. The molecule has 0 saturated carbocycles. The molecule has 0 fully saturated rings. The molecule has 1 atom stereocenters. The molecule has 1 rings (SSSR count). The summed E-state index contributed by atoms with van der Waals surface area (Å²) in [6, 6.07) is 6.71. The first-order chi connectivity index (χ1) is 7.19. The maximum atomic E-state index is 11.6. The van der Waals surface area contributed by atoms with Crippen LogP contribution in [-0.4, -0.2) is 12.1 Å². The molecule has 0 aliphatic heterocycles. The van der Waals surface area contributed by atoms with Gasteiger partial charge in [-0.05, 0) is 25.5 Å². The van der Waals surface area contributed by atoms with Crippen LogP contribution in [0.15, 0.2) is 24.3 Å². The Bertz CT molecular complexity index is 338. The second kappa shape index (κ2) is 5.36. The van der Waals surface area contributed by atoms with Gasteiger partial charge in [0.25, 0.3) is 0 Å². The van der Waals surface area contributed by atoms with Crippen LogP contribution >= 0.6 is 0 Å². The summed E-state index contributed by atoms with van der Waals surface area (Å²) in [5.41, 5.74) is 0.348. The summed E-state index contributed by atoms with van der Waals surface area (Å²) in [4.78, 5) is 16.2. The fraction of sp³-hybridized carbons (Fsp3) is 0.364. The molecular formula is C11H15NO3. The lowest BCUT2D eigenvalue weighted by atomic mass is 10.2. The van der Waals surface area contributed by atoms with Gasteiger partial charge in [-0.1, -0.05) is 19.1 Å². The Labute approximate surface area is 88.9 Å². The van der Waals surface area contributed by atoms with Crippen LogP contribution < -0.4 is 10.7 Å². The Morgan fingerprint density at radius 3 is 2.73 bits per heavy atom. The van der Waals surface area contributed by atoms with Crippen molar-refractivity contribution in [3.63, 3.8) is 0 Å². The molecule has 2 N–H and O–H groups in total. The molecule has 1 aromatic rings. The first-order valence-corrected chi connectivity index (χ1v) is 4.85. The van der Waals surface area contributed by atoms with Crippen molar-refractivity contribution in [1.82, 2.24) is 0 Å². The summed E-state index contributed by atoms with van der Waals surface area (Å²) < 4.78 is 5.15. The van der Waals surface area contributed by atoms with Crippen molar-refractivity contribution in [3.8, 4) is 5.75 Å². The van der Waals surface area contributed by atoms with E-state index in [4.69, 9.17) is 10.6 Å². The highest BCUT2D eigenvalue weighted by molar-refractivity contribution is 5.92. The molecule has 0 aromatic heterocycles. The number of carbonyl (C=O) groups excluding carboxylic acids is 1. The van der Waals surface area contributed by atoms with Crippen molar-refractivity contribution in [2.45, 2.75) is 26.4 Å². The first kappa shape index (κ1) is 11.5. The second-order valence-corrected chi connectivity index (χ2v) is 3.24. The van der Waals surface area contributed by atoms with Crippen LogP contribution in [0.2, 0.25) is 0 Å².